The molecule has 1 amide bonds. The number of carbonyl (C=O) groups excluding carboxylic acids is 1. The Morgan fingerprint density at radius 2 is 1.78 bits per heavy atom. The average molecular weight is 475 g/mol. The fourth-order valence-electron chi connectivity index (χ4n) is 2.97. The number of hydrogen-bond acceptors (Lipinski definition) is 9. The molecular formula is C22H26N4O4S2. The van der Waals surface area contributed by atoms with Gasteiger partial charge in [-0.05, 0) is 36.8 Å². The third-order valence-electron chi connectivity index (χ3n) is 4.63. The predicted molar refractivity (Wildman–Crippen MR) is 128 cm³/mol. The maximum Gasteiger partial charge on any atom is 0.233 e. The molecule has 0 saturated carbocycles. The van der Waals surface area contributed by atoms with Crippen LogP contribution < -0.4 is 19.5 Å². The van der Waals surface area contributed by atoms with E-state index in [-0.39, 0.29) is 11.7 Å². The lowest BCUT2D eigenvalue weighted by Gasteiger charge is -2.21. The van der Waals surface area contributed by atoms with Gasteiger partial charge in [-0.3, -0.25) is 4.79 Å². The van der Waals surface area contributed by atoms with E-state index >= 15 is 0 Å². The van der Waals surface area contributed by atoms with Crippen molar-refractivity contribution in [3.8, 4) is 17.2 Å². The van der Waals surface area contributed by atoms with Crippen LogP contribution in [-0.4, -0.2) is 54.6 Å². The number of para-hydroxylation sites is 2. The van der Waals surface area contributed by atoms with Gasteiger partial charge < -0.3 is 24.4 Å². The minimum Gasteiger partial charge on any atom is -0.495 e. The molecule has 0 fully saturated rings. The number of ether oxygens (including phenoxy) is 3. The van der Waals surface area contributed by atoms with Crippen molar-refractivity contribution in [2.75, 3.05) is 38.9 Å². The predicted octanol–water partition coefficient (Wildman–Crippen LogP) is 4.45. The molecule has 0 saturated heterocycles. The SMILES string of the molecule is CCN(Cc1ccc(OC)c(OC)c1)C(=O)CSc1nnc(Nc2ccccc2OC)s1. The van der Waals surface area contributed by atoms with E-state index in [1.165, 1.54) is 23.1 Å². The first-order chi connectivity index (χ1) is 15.6. The van der Waals surface area contributed by atoms with E-state index < -0.39 is 0 Å². The smallest absolute Gasteiger partial charge is 0.233 e. The van der Waals surface area contributed by atoms with E-state index in [1.807, 2.05) is 49.4 Å². The largest absolute Gasteiger partial charge is 0.495 e. The number of hydrogen-bond donors (Lipinski definition) is 1. The number of benzene rings is 2. The molecule has 0 spiro atoms. The van der Waals surface area contributed by atoms with Gasteiger partial charge in [0, 0.05) is 13.1 Å². The lowest BCUT2D eigenvalue weighted by molar-refractivity contribution is -0.128. The number of nitrogens with zero attached hydrogens (tertiary/aromatic N) is 3. The first-order valence-corrected chi connectivity index (χ1v) is 11.7. The highest BCUT2D eigenvalue weighted by Gasteiger charge is 2.16. The quantitative estimate of drug-likeness (QED) is 0.408. The lowest BCUT2D eigenvalue weighted by Crippen LogP contribution is -2.31. The molecule has 3 rings (SSSR count). The fourth-order valence-corrected chi connectivity index (χ4v) is 4.64. The van der Waals surface area contributed by atoms with E-state index in [1.54, 1.807) is 26.2 Å². The third-order valence-corrected chi connectivity index (χ3v) is 6.59. The summed E-state index contributed by atoms with van der Waals surface area (Å²) in [6.07, 6.45) is 0. The van der Waals surface area contributed by atoms with E-state index in [9.17, 15) is 4.79 Å². The van der Waals surface area contributed by atoms with Crippen molar-refractivity contribution in [1.29, 1.82) is 0 Å². The lowest BCUT2D eigenvalue weighted by atomic mass is 10.2. The van der Waals surface area contributed by atoms with Gasteiger partial charge in [-0.15, -0.1) is 10.2 Å². The van der Waals surface area contributed by atoms with Gasteiger partial charge in [-0.2, -0.15) is 0 Å². The summed E-state index contributed by atoms with van der Waals surface area (Å²) in [6, 6.07) is 13.3. The third kappa shape index (κ3) is 6.04. The zero-order valence-electron chi connectivity index (χ0n) is 18.5. The van der Waals surface area contributed by atoms with Crippen molar-refractivity contribution in [1.82, 2.24) is 15.1 Å². The maximum atomic E-state index is 12.8. The number of amides is 1. The van der Waals surface area contributed by atoms with E-state index in [4.69, 9.17) is 14.2 Å². The molecule has 1 N–H and O–H groups in total. The molecule has 10 heteroatoms. The summed E-state index contributed by atoms with van der Waals surface area (Å²) in [7, 11) is 4.82. The van der Waals surface area contributed by atoms with Gasteiger partial charge in [0.1, 0.15) is 5.75 Å². The standard InChI is InChI=1S/C22H26N4O4S2/c1-5-26(13-15-10-11-18(29-3)19(12-15)30-4)20(27)14-31-22-25-24-21(32-22)23-16-8-6-7-9-17(16)28-2/h6-12H,5,13-14H2,1-4H3,(H,23,24). The van der Waals surface area contributed by atoms with Gasteiger partial charge in [0.05, 0.1) is 32.8 Å². The second-order valence-electron chi connectivity index (χ2n) is 6.58. The topological polar surface area (TPSA) is 85.8 Å². The monoisotopic (exact) mass is 474 g/mol. The van der Waals surface area contributed by atoms with Crippen LogP contribution in [-0.2, 0) is 11.3 Å². The molecule has 170 valence electrons. The maximum absolute atomic E-state index is 12.8. The second kappa shape index (κ2) is 11.6. The van der Waals surface area contributed by atoms with Crippen LogP contribution in [0.1, 0.15) is 12.5 Å². The molecule has 8 nitrogen and oxygen atoms in total. The van der Waals surface area contributed by atoms with Gasteiger partial charge in [0.15, 0.2) is 15.8 Å². The molecule has 0 radical (unpaired) electrons. The zero-order chi connectivity index (χ0) is 22.9. The highest BCUT2D eigenvalue weighted by Crippen LogP contribution is 2.32. The normalized spacial score (nSPS) is 10.5. The summed E-state index contributed by atoms with van der Waals surface area (Å²) in [5.41, 5.74) is 1.79. The number of methoxy groups -OCH3 is 3. The molecule has 2 aromatic carbocycles. The van der Waals surface area contributed by atoms with E-state index in [0.717, 1.165) is 21.3 Å². The summed E-state index contributed by atoms with van der Waals surface area (Å²) >= 11 is 2.77. The van der Waals surface area contributed by atoms with Gasteiger partial charge in [0.25, 0.3) is 0 Å². The molecule has 3 aromatic rings. The average Bonchev–Trinajstić information content (AvgIpc) is 3.28. The number of nitrogens with one attached hydrogen (secondary N) is 1. The Morgan fingerprint density at radius 1 is 1.03 bits per heavy atom. The summed E-state index contributed by atoms with van der Waals surface area (Å²) in [4.78, 5) is 14.6. The molecule has 0 aliphatic heterocycles. The van der Waals surface area contributed by atoms with Gasteiger partial charge in [-0.25, -0.2) is 0 Å². The number of thioether (sulfide) groups is 1. The van der Waals surface area contributed by atoms with Crippen LogP contribution in [0.4, 0.5) is 10.8 Å². The Bertz CT molecular complexity index is 1040. The first-order valence-electron chi connectivity index (χ1n) is 9.93. The number of anilines is 2. The molecule has 0 aliphatic carbocycles. The van der Waals surface area contributed by atoms with Gasteiger partial charge in [-0.1, -0.05) is 41.3 Å². The molecule has 1 aromatic heterocycles. The van der Waals surface area contributed by atoms with Crippen LogP contribution in [0.2, 0.25) is 0 Å². The van der Waals surface area contributed by atoms with Crippen molar-refractivity contribution < 1.29 is 19.0 Å². The Kier molecular flexibility index (Phi) is 8.57. The Morgan fingerprint density at radius 3 is 2.50 bits per heavy atom. The van der Waals surface area contributed by atoms with Crippen LogP contribution in [0.5, 0.6) is 17.2 Å². The minimum atomic E-state index is 0.0294. The summed E-state index contributed by atoms with van der Waals surface area (Å²) in [6.45, 7) is 3.06. The van der Waals surface area contributed by atoms with Crippen LogP contribution in [0.15, 0.2) is 46.8 Å². The van der Waals surface area contributed by atoms with Crippen LogP contribution in [0.3, 0.4) is 0 Å². The van der Waals surface area contributed by atoms with Crippen LogP contribution in [0, 0.1) is 0 Å². The summed E-state index contributed by atoms with van der Waals surface area (Å²) < 4.78 is 16.7. The van der Waals surface area contributed by atoms with Crippen LogP contribution in [0.25, 0.3) is 0 Å². The second-order valence-corrected chi connectivity index (χ2v) is 8.78. The molecular weight excluding hydrogens is 448 g/mol. The zero-order valence-corrected chi connectivity index (χ0v) is 20.1. The molecule has 32 heavy (non-hydrogen) atoms. The Balaban J connectivity index is 1.57. The molecule has 0 bridgehead atoms. The Labute approximate surface area is 195 Å². The van der Waals surface area contributed by atoms with Crippen molar-refractivity contribution in [3.63, 3.8) is 0 Å². The summed E-state index contributed by atoms with van der Waals surface area (Å²) in [5.74, 6) is 2.34. The van der Waals surface area contributed by atoms with Crippen molar-refractivity contribution in [2.45, 2.75) is 17.8 Å². The van der Waals surface area contributed by atoms with Crippen molar-refractivity contribution >= 4 is 39.8 Å². The minimum absolute atomic E-state index is 0.0294. The number of rotatable bonds is 11. The number of aromatic nitrogens is 2. The molecule has 0 unspecified atom stereocenters. The van der Waals surface area contributed by atoms with Crippen LogP contribution >= 0.6 is 23.1 Å². The molecule has 0 aliphatic rings. The first kappa shape index (κ1) is 23.7. The Hall–Kier alpha value is -2.98. The van der Waals surface area contributed by atoms with Crippen molar-refractivity contribution in [2.24, 2.45) is 0 Å². The van der Waals surface area contributed by atoms with Gasteiger partial charge >= 0.3 is 0 Å². The highest BCUT2D eigenvalue weighted by atomic mass is 32.2. The fraction of sp³-hybridized carbons (Fsp3) is 0.318. The van der Waals surface area contributed by atoms with Crippen molar-refractivity contribution in [3.05, 3.63) is 48.0 Å². The van der Waals surface area contributed by atoms with E-state index in [0.29, 0.717) is 29.7 Å². The van der Waals surface area contributed by atoms with Gasteiger partial charge in [0.2, 0.25) is 11.0 Å². The molecule has 1 heterocycles. The number of carbonyl (C=O) groups is 1. The van der Waals surface area contributed by atoms with E-state index in [2.05, 4.69) is 15.5 Å². The highest BCUT2D eigenvalue weighted by molar-refractivity contribution is 8.01. The summed E-state index contributed by atoms with van der Waals surface area (Å²) in [5, 5.41) is 12.2. The molecule has 0 atom stereocenters.